The molecule has 3 nitrogen and oxygen atoms in total. The van der Waals surface area contributed by atoms with Crippen LogP contribution in [-0.2, 0) is 16.0 Å². The predicted octanol–water partition coefficient (Wildman–Crippen LogP) is 2.82. The zero-order valence-corrected chi connectivity index (χ0v) is 13.4. The molecule has 0 unspecified atom stereocenters. The highest BCUT2D eigenvalue weighted by Gasteiger charge is 2.47. The van der Waals surface area contributed by atoms with Crippen LogP contribution in [-0.4, -0.2) is 25.2 Å². The number of allylic oxidation sites excluding steroid dienone is 1. The van der Waals surface area contributed by atoms with Crippen molar-refractivity contribution >= 4 is 5.97 Å². The highest BCUT2D eigenvalue weighted by atomic mass is 16.5. The molecule has 2 aliphatic rings. The van der Waals surface area contributed by atoms with Gasteiger partial charge in [0.1, 0.15) is 0 Å². The number of hydrogen-bond donors (Lipinski definition) is 1. The molecule has 5 atom stereocenters. The van der Waals surface area contributed by atoms with Gasteiger partial charge in [0.05, 0.1) is 12.5 Å². The number of benzene rings is 1. The second-order valence-electron chi connectivity index (χ2n) is 6.47. The van der Waals surface area contributed by atoms with Gasteiger partial charge in [-0.2, -0.15) is 0 Å². The number of esters is 1. The summed E-state index contributed by atoms with van der Waals surface area (Å²) in [5.41, 5.74) is 1.32. The van der Waals surface area contributed by atoms with E-state index in [0.717, 1.165) is 13.0 Å². The standard InChI is InChI=1S/C19H25NO2/c1-3-22-19(21)17-13(2)9-10-15-12-20-16(18(15)17)11-14-7-5-4-6-8-14/h4-10,13,15-18,20H,3,11-12H2,1-2H3/t13-,15-,16-,17-,18+/m0/s1. The second kappa shape index (κ2) is 6.66. The number of fused-ring (bicyclic) bond motifs is 1. The molecule has 22 heavy (non-hydrogen) atoms. The monoisotopic (exact) mass is 299 g/mol. The minimum absolute atomic E-state index is 0.0290. The molecule has 1 saturated heterocycles. The molecule has 1 aromatic rings. The summed E-state index contributed by atoms with van der Waals surface area (Å²) in [5.74, 6) is 0.965. The van der Waals surface area contributed by atoms with Crippen molar-refractivity contribution in [3.8, 4) is 0 Å². The lowest BCUT2D eigenvalue weighted by Crippen LogP contribution is -2.42. The largest absolute Gasteiger partial charge is 0.466 e. The van der Waals surface area contributed by atoms with Crippen molar-refractivity contribution in [2.24, 2.45) is 23.7 Å². The van der Waals surface area contributed by atoms with E-state index >= 15 is 0 Å². The first-order valence-corrected chi connectivity index (χ1v) is 8.33. The summed E-state index contributed by atoms with van der Waals surface area (Å²) in [6.07, 6.45) is 5.46. The van der Waals surface area contributed by atoms with Crippen LogP contribution in [0.5, 0.6) is 0 Å². The first-order chi connectivity index (χ1) is 10.7. The van der Waals surface area contributed by atoms with Gasteiger partial charge < -0.3 is 10.1 Å². The third kappa shape index (κ3) is 2.95. The van der Waals surface area contributed by atoms with Crippen molar-refractivity contribution in [2.75, 3.05) is 13.2 Å². The molecule has 1 aromatic carbocycles. The van der Waals surface area contributed by atoms with Crippen molar-refractivity contribution in [2.45, 2.75) is 26.3 Å². The molecule has 1 aliphatic carbocycles. The zero-order chi connectivity index (χ0) is 15.5. The lowest BCUT2D eigenvalue weighted by Gasteiger charge is -2.35. The fourth-order valence-corrected chi connectivity index (χ4v) is 4.05. The molecule has 1 fully saturated rings. The van der Waals surface area contributed by atoms with Gasteiger partial charge in [-0.05, 0) is 36.7 Å². The predicted molar refractivity (Wildman–Crippen MR) is 87.3 cm³/mol. The molecule has 1 heterocycles. The quantitative estimate of drug-likeness (QED) is 0.686. The van der Waals surface area contributed by atoms with E-state index in [9.17, 15) is 4.79 Å². The van der Waals surface area contributed by atoms with Crippen LogP contribution in [0.3, 0.4) is 0 Å². The van der Waals surface area contributed by atoms with Crippen LogP contribution in [0.25, 0.3) is 0 Å². The first kappa shape index (κ1) is 15.3. The number of hydrogen-bond acceptors (Lipinski definition) is 3. The molecule has 1 N–H and O–H groups in total. The van der Waals surface area contributed by atoms with Gasteiger partial charge in [-0.15, -0.1) is 0 Å². The number of carbonyl (C=O) groups is 1. The minimum atomic E-state index is -0.0314. The lowest BCUT2D eigenvalue weighted by molar-refractivity contribution is -0.152. The van der Waals surface area contributed by atoms with Gasteiger partial charge in [-0.3, -0.25) is 4.79 Å². The molecule has 118 valence electrons. The Morgan fingerprint density at radius 3 is 2.77 bits per heavy atom. The van der Waals surface area contributed by atoms with Crippen molar-refractivity contribution in [1.29, 1.82) is 0 Å². The van der Waals surface area contributed by atoms with Gasteiger partial charge in [-0.1, -0.05) is 49.4 Å². The third-order valence-corrected chi connectivity index (χ3v) is 5.07. The van der Waals surface area contributed by atoms with Crippen molar-refractivity contribution in [1.82, 2.24) is 5.32 Å². The van der Waals surface area contributed by atoms with E-state index in [-0.39, 0.29) is 17.8 Å². The average Bonchev–Trinajstić information content (AvgIpc) is 2.91. The fourth-order valence-electron chi connectivity index (χ4n) is 4.05. The number of nitrogens with one attached hydrogen (secondary N) is 1. The summed E-state index contributed by atoms with van der Waals surface area (Å²) < 4.78 is 5.36. The van der Waals surface area contributed by atoms with Crippen LogP contribution in [0, 0.1) is 23.7 Å². The summed E-state index contributed by atoms with van der Waals surface area (Å²) in [7, 11) is 0. The Balaban J connectivity index is 1.81. The SMILES string of the molecule is CCOC(=O)[C@@H]1[C@H]2[C@H](Cc3ccccc3)NC[C@@H]2C=C[C@@H]1C. The maximum absolute atomic E-state index is 12.5. The Labute approximate surface area is 132 Å². The molecule has 0 amide bonds. The summed E-state index contributed by atoms with van der Waals surface area (Å²) in [6, 6.07) is 10.9. The van der Waals surface area contributed by atoms with Crippen molar-refractivity contribution < 1.29 is 9.53 Å². The Kier molecular flexibility index (Phi) is 4.63. The highest BCUT2D eigenvalue weighted by molar-refractivity contribution is 5.74. The van der Waals surface area contributed by atoms with Gasteiger partial charge in [0.25, 0.3) is 0 Å². The Morgan fingerprint density at radius 1 is 1.27 bits per heavy atom. The molecular formula is C19H25NO2. The first-order valence-electron chi connectivity index (χ1n) is 8.33. The van der Waals surface area contributed by atoms with Gasteiger partial charge in [-0.25, -0.2) is 0 Å². The van der Waals surface area contributed by atoms with Crippen LogP contribution in [0.2, 0.25) is 0 Å². The summed E-state index contributed by atoms with van der Waals surface area (Å²) >= 11 is 0. The molecule has 0 bridgehead atoms. The maximum Gasteiger partial charge on any atom is 0.309 e. The van der Waals surface area contributed by atoms with Crippen LogP contribution >= 0.6 is 0 Å². The van der Waals surface area contributed by atoms with E-state index in [1.165, 1.54) is 5.56 Å². The van der Waals surface area contributed by atoms with Crippen molar-refractivity contribution in [3.05, 3.63) is 48.0 Å². The molecule has 0 radical (unpaired) electrons. The maximum atomic E-state index is 12.5. The van der Waals surface area contributed by atoms with E-state index in [1.807, 2.05) is 13.0 Å². The molecule has 0 spiro atoms. The molecule has 0 saturated carbocycles. The Bertz CT molecular complexity index is 540. The van der Waals surface area contributed by atoms with Crippen LogP contribution in [0.1, 0.15) is 19.4 Å². The normalized spacial score (nSPS) is 33.5. The molecule has 1 aliphatic heterocycles. The summed E-state index contributed by atoms with van der Waals surface area (Å²) in [6.45, 7) is 5.43. The van der Waals surface area contributed by atoms with Crippen LogP contribution < -0.4 is 5.32 Å². The summed E-state index contributed by atoms with van der Waals surface area (Å²) in [5, 5.41) is 3.64. The van der Waals surface area contributed by atoms with E-state index in [0.29, 0.717) is 24.5 Å². The van der Waals surface area contributed by atoms with Gasteiger partial charge in [0, 0.05) is 12.6 Å². The molecular weight excluding hydrogens is 274 g/mol. The molecule has 3 heteroatoms. The third-order valence-electron chi connectivity index (χ3n) is 5.07. The van der Waals surface area contributed by atoms with E-state index in [2.05, 4.69) is 48.7 Å². The Morgan fingerprint density at radius 2 is 2.05 bits per heavy atom. The number of ether oxygens (including phenoxy) is 1. The van der Waals surface area contributed by atoms with E-state index in [4.69, 9.17) is 4.74 Å². The topological polar surface area (TPSA) is 38.3 Å². The van der Waals surface area contributed by atoms with Gasteiger partial charge in [0.15, 0.2) is 0 Å². The lowest BCUT2D eigenvalue weighted by atomic mass is 9.69. The average molecular weight is 299 g/mol. The molecule has 3 rings (SSSR count). The number of rotatable bonds is 4. The van der Waals surface area contributed by atoms with E-state index < -0.39 is 0 Å². The second-order valence-corrected chi connectivity index (χ2v) is 6.47. The molecule has 0 aromatic heterocycles. The van der Waals surface area contributed by atoms with E-state index in [1.54, 1.807) is 0 Å². The fraction of sp³-hybridized carbons (Fsp3) is 0.526. The Hall–Kier alpha value is -1.61. The van der Waals surface area contributed by atoms with Gasteiger partial charge >= 0.3 is 5.97 Å². The smallest absolute Gasteiger partial charge is 0.309 e. The van der Waals surface area contributed by atoms with Crippen LogP contribution in [0.15, 0.2) is 42.5 Å². The van der Waals surface area contributed by atoms with Crippen molar-refractivity contribution in [3.63, 3.8) is 0 Å². The minimum Gasteiger partial charge on any atom is -0.466 e. The van der Waals surface area contributed by atoms with Crippen LogP contribution in [0.4, 0.5) is 0 Å². The summed E-state index contributed by atoms with van der Waals surface area (Å²) in [4.78, 5) is 12.5. The zero-order valence-electron chi connectivity index (χ0n) is 13.4. The number of carbonyl (C=O) groups excluding carboxylic acids is 1. The van der Waals surface area contributed by atoms with Gasteiger partial charge in [0.2, 0.25) is 0 Å². The highest BCUT2D eigenvalue weighted by Crippen LogP contribution is 2.41.